The Labute approximate surface area is 81.0 Å². The van der Waals surface area contributed by atoms with E-state index >= 15 is 0 Å². The summed E-state index contributed by atoms with van der Waals surface area (Å²) in [6.45, 7) is 6.26. The molecular formula is C11H20O2. The molecule has 0 aromatic heterocycles. The van der Waals surface area contributed by atoms with Crippen LogP contribution in [-0.4, -0.2) is 12.6 Å². The number of allylic oxidation sites excluding steroid dienone is 1. The van der Waals surface area contributed by atoms with E-state index in [0.717, 1.165) is 18.4 Å². The van der Waals surface area contributed by atoms with Crippen LogP contribution >= 0.6 is 0 Å². The van der Waals surface area contributed by atoms with Crippen molar-refractivity contribution in [2.75, 3.05) is 6.61 Å². The minimum Gasteiger partial charge on any atom is -0.463 e. The van der Waals surface area contributed by atoms with E-state index in [1.165, 1.54) is 12.8 Å². The Morgan fingerprint density at radius 2 is 2.00 bits per heavy atom. The highest BCUT2D eigenvalue weighted by molar-refractivity contribution is 5.87. The molecule has 0 bridgehead atoms. The lowest BCUT2D eigenvalue weighted by molar-refractivity contribution is -0.138. The molecule has 0 saturated heterocycles. The number of hydrogen-bond donors (Lipinski definition) is 0. The highest BCUT2D eigenvalue weighted by atomic mass is 16.5. The smallest absolute Gasteiger partial charge is 0.333 e. The van der Waals surface area contributed by atoms with Gasteiger partial charge in [0.15, 0.2) is 0 Å². The molecule has 0 amide bonds. The molecule has 0 radical (unpaired) electrons. The molecule has 0 aliphatic carbocycles. The van der Waals surface area contributed by atoms with Crippen molar-refractivity contribution in [2.45, 2.75) is 46.5 Å². The third kappa shape index (κ3) is 6.38. The van der Waals surface area contributed by atoms with Gasteiger partial charge in [0.05, 0.1) is 6.61 Å². The lowest BCUT2D eigenvalue weighted by Crippen LogP contribution is -2.04. The van der Waals surface area contributed by atoms with Gasteiger partial charge in [0, 0.05) is 5.57 Å². The van der Waals surface area contributed by atoms with Gasteiger partial charge in [-0.1, -0.05) is 25.8 Å². The summed E-state index contributed by atoms with van der Waals surface area (Å²) in [5.74, 6) is -0.181. The van der Waals surface area contributed by atoms with E-state index in [2.05, 4.69) is 6.92 Å². The van der Waals surface area contributed by atoms with Gasteiger partial charge in [0.2, 0.25) is 0 Å². The average Bonchev–Trinajstić information content (AvgIpc) is 2.12. The molecule has 0 aliphatic rings. The van der Waals surface area contributed by atoms with E-state index in [-0.39, 0.29) is 5.97 Å². The molecule has 0 rings (SSSR count). The van der Waals surface area contributed by atoms with Crippen LogP contribution in [-0.2, 0) is 9.53 Å². The zero-order chi connectivity index (χ0) is 10.1. The Morgan fingerprint density at radius 1 is 1.31 bits per heavy atom. The van der Waals surface area contributed by atoms with Crippen molar-refractivity contribution < 1.29 is 9.53 Å². The Morgan fingerprint density at radius 3 is 2.54 bits per heavy atom. The van der Waals surface area contributed by atoms with Crippen LogP contribution in [0.15, 0.2) is 11.6 Å². The number of ether oxygens (including phenoxy) is 1. The van der Waals surface area contributed by atoms with E-state index in [4.69, 9.17) is 4.74 Å². The predicted molar refractivity (Wildman–Crippen MR) is 54.5 cm³/mol. The van der Waals surface area contributed by atoms with Crippen molar-refractivity contribution in [1.29, 1.82) is 0 Å². The molecule has 0 fully saturated rings. The van der Waals surface area contributed by atoms with Crippen molar-refractivity contribution in [3.63, 3.8) is 0 Å². The summed E-state index contributed by atoms with van der Waals surface area (Å²) in [5, 5.41) is 0. The van der Waals surface area contributed by atoms with Crippen molar-refractivity contribution in [3.8, 4) is 0 Å². The first-order valence-electron chi connectivity index (χ1n) is 5.06. The normalized spacial score (nSPS) is 11.5. The second-order valence-corrected chi connectivity index (χ2v) is 3.10. The maximum Gasteiger partial charge on any atom is 0.333 e. The maximum absolute atomic E-state index is 11.1. The molecule has 0 saturated carbocycles. The standard InChI is InChI=1S/C11H20O2/c1-4-6-7-8-9-10(3)11(12)13-5-2/h9H,4-8H2,1-3H3. The molecular weight excluding hydrogens is 164 g/mol. The number of carbonyl (C=O) groups is 1. The summed E-state index contributed by atoms with van der Waals surface area (Å²) in [6.07, 6.45) is 6.55. The Kier molecular flexibility index (Phi) is 7.36. The molecule has 0 unspecified atom stereocenters. The van der Waals surface area contributed by atoms with Gasteiger partial charge in [0.25, 0.3) is 0 Å². The molecule has 0 aliphatic heterocycles. The first-order valence-corrected chi connectivity index (χ1v) is 5.06. The zero-order valence-corrected chi connectivity index (χ0v) is 8.93. The SMILES string of the molecule is CCCCCC=C(C)C(=O)OCC. The van der Waals surface area contributed by atoms with Crippen LogP contribution in [0.2, 0.25) is 0 Å². The van der Waals surface area contributed by atoms with Crippen LogP contribution in [0.3, 0.4) is 0 Å². The average molecular weight is 184 g/mol. The van der Waals surface area contributed by atoms with Gasteiger partial charge in [0.1, 0.15) is 0 Å². The fourth-order valence-electron chi connectivity index (χ4n) is 1.04. The van der Waals surface area contributed by atoms with Crippen LogP contribution in [0.1, 0.15) is 46.5 Å². The van der Waals surface area contributed by atoms with E-state index in [0.29, 0.717) is 6.61 Å². The van der Waals surface area contributed by atoms with Gasteiger partial charge < -0.3 is 4.74 Å². The first-order chi connectivity index (χ1) is 6.22. The van der Waals surface area contributed by atoms with Gasteiger partial charge in [-0.05, 0) is 26.7 Å². The maximum atomic E-state index is 11.1. The Bertz CT molecular complexity index is 171. The minimum absolute atomic E-state index is 0.181. The molecule has 0 aromatic rings. The lowest BCUT2D eigenvalue weighted by atomic mass is 10.1. The molecule has 0 N–H and O–H groups in total. The highest BCUT2D eigenvalue weighted by Gasteiger charge is 2.02. The largest absolute Gasteiger partial charge is 0.463 e. The van der Waals surface area contributed by atoms with E-state index < -0.39 is 0 Å². The highest BCUT2D eigenvalue weighted by Crippen LogP contribution is 2.04. The van der Waals surface area contributed by atoms with Crippen molar-refractivity contribution in [3.05, 3.63) is 11.6 Å². The van der Waals surface area contributed by atoms with Crippen LogP contribution < -0.4 is 0 Å². The number of rotatable bonds is 6. The van der Waals surface area contributed by atoms with Crippen molar-refractivity contribution in [1.82, 2.24) is 0 Å². The lowest BCUT2D eigenvalue weighted by Gasteiger charge is -2.00. The Balaban J connectivity index is 3.67. The minimum atomic E-state index is -0.181. The van der Waals surface area contributed by atoms with Gasteiger partial charge >= 0.3 is 5.97 Å². The molecule has 2 heteroatoms. The van der Waals surface area contributed by atoms with Gasteiger partial charge in [-0.25, -0.2) is 4.79 Å². The summed E-state index contributed by atoms with van der Waals surface area (Å²) in [5.41, 5.74) is 0.734. The number of unbranched alkanes of at least 4 members (excludes halogenated alkanes) is 3. The molecule has 13 heavy (non-hydrogen) atoms. The zero-order valence-electron chi connectivity index (χ0n) is 8.93. The topological polar surface area (TPSA) is 26.3 Å². The first kappa shape index (κ1) is 12.2. The van der Waals surface area contributed by atoms with Gasteiger partial charge in [-0.2, -0.15) is 0 Å². The second-order valence-electron chi connectivity index (χ2n) is 3.10. The molecule has 2 nitrogen and oxygen atoms in total. The van der Waals surface area contributed by atoms with Crippen LogP contribution in [0.25, 0.3) is 0 Å². The summed E-state index contributed by atoms with van der Waals surface area (Å²) in [6, 6.07) is 0. The number of esters is 1. The molecule has 0 aromatic carbocycles. The monoisotopic (exact) mass is 184 g/mol. The van der Waals surface area contributed by atoms with E-state index in [9.17, 15) is 4.79 Å². The molecule has 0 atom stereocenters. The number of carbonyl (C=O) groups excluding carboxylic acids is 1. The van der Waals surface area contributed by atoms with E-state index in [1.54, 1.807) is 0 Å². The molecule has 0 spiro atoms. The number of hydrogen-bond acceptors (Lipinski definition) is 2. The van der Waals surface area contributed by atoms with Crippen molar-refractivity contribution >= 4 is 5.97 Å². The van der Waals surface area contributed by atoms with Gasteiger partial charge in [-0.3, -0.25) is 0 Å². The van der Waals surface area contributed by atoms with Gasteiger partial charge in [-0.15, -0.1) is 0 Å². The predicted octanol–water partition coefficient (Wildman–Crippen LogP) is 3.08. The van der Waals surface area contributed by atoms with Crippen LogP contribution in [0.5, 0.6) is 0 Å². The summed E-state index contributed by atoms with van der Waals surface area (Å²) in [7, 11) is 0. The quantitative estimate of drug-likeness (QED) is 0.360. The Hall–Kier alpha value is -0.790. The van der Waals surface area contributed by atoms with E-state index in [1.807, 2.05) is 19.9 Å². The van der Waals surface area contributed by atoms with Crippen LogP contribution in [0, 0.1) is 0 Å². The van der Waals surface area contributed by atoms with Crippen molar-refractivity contribution in [2.24, 2.45) is 0 Å². The second kappa shape index (κ2) is 7.84. The molecule has 76 valence electrons. The third-order valence-electron chi connectivity index (χ3n) is 1.86. The van der Waals surface area contributed by atoms with Crippen LogP contribution in [0.4, 0.5) is 0 Å². The summed E-state index contributed by atoms with van der Waals surface area (Å²) >= 11 is 0. The fraction of sp³-hybridized carbons (Fsp3) is 0.727. The summed E-state index contributed by atoms with van der Waals surface area (Å²) < 4.78 is 4.85. The molecule has 0 heterocycles. The fourth-order valence-corrected chi connectivity index (χ4v) is 1.04. The third-order valence-corrected chi connectivity index (χ3v) is 1.86. The summed E-state index contributed by atoms with van der Waals surface area (Å²) in [4.78, 5) is 11.1.